The normalized spacial score (nSPS) is 18.6. The monoisotopic (exact) mass is 460 g/mol. The number of carbonyl (C=O) groups excluding carboxylic acids is 1. The molecule has 0 bridgehead atoms. The number of nitrogens with one attached hydrogen (secondary N) is 2. The lowest BCUT2D eigenvalue weighted by molar-refractivity contribution is -0.117. The van der Waals surface area contributed by atoms with Crippen molar-refractivity contribution in [3.63, 3.8) is 0 Å². The van der Waals surface area contributed by atoms with E-state index in [1.165, 1.54) is 12.8 Å². The Hall–Kier alpha value is -1.12. The lowest BCUT2D eigenvalue weighted by atomic mass is 9.84. The van der Waals surface area contributed by atoms with Crippen molar-refractivity contribution in [3.05, 3.63) is 18.2 Å². The zero-order chi connectivity index (χ0) is 18.6. The molecule has 1 atom stereocenters. The van der Waals surface area contributed by atoms with E-state index in [4.69, 9.17) is 9.72 Å². The number of fused-ring (bicyclic) bond motifs is 1. The number of morpholine rings is 1. The quantitative estimate of drug-likeness (QED) is 0.706. The first-order valence-corrected chi connectivity index (χ1v) is 10.7. The van der Waals surface area contributed by atoms with Crippen LogP contribution in [-0.4, -0.2) is 50.3 Å². The maximum Gasteiger partial charge on any atom is 0.224 e. The van der Waals surface area contributed by atoms with E-state index >= 15 is 0 Å². The second-order valence-corrected chi connectivity index (χ2v) is 8.60. The third-order valence-corrected chi connectivity index (χ3v) is 6.72. The molecule has 4 rings (SSSR count). The zero-order valence-electron chi connectivity index (χ0n) is 16.7. The zero-order valence-corrected chi connectivity index (χ0v) is 19.1. The number of thiazole rings is 1. The Morgan fingerprint density at radius 1 is 1.31 bits per heavy atom. The van der Waals surface area contributed by atoms with Crippen molar-refractivity contribution in [1.29, 1.82) is 0 Å². The van der Waals surface area contributed by atoms with Crippen molar-refractivity contribution in [3.8, 4) is 0 Å². The van der Waals surface area contributed by atoms with Crippen LogP contribution < -0.4 is 15.5 Å². The summed E-state index contributed by atoms with van der Waals surface area (Å²) in [4.78, 5) is 19.5. The molecular formula is C20H30Cl2N4O2S. The minimum Gasteiger partial charge on any atom is -0.378 e. The van der Waals surface area contributed by atoms with E-state index in [0.29, 0.717) is 18.3 Å². The first-order valence-electron chi connectivity index (χ1n) is 9.93. The molecule has 1 aromatic carbocycles. The second-order valence-electron chi connectivity index (χ2n) is 7.60. The summed E-state index contributed by atoms with van der Waals surface area (Å²) >= 11 is 1.68. The van der Waals surface area contributed by atoms with Gasteiger partial charge in [-0.1, -0.05) is 18.3 Å². The van der Waals surface area contributed by atoms with E-state index in [1.807, 2.05) is 18.2 Å². The van der Waals surface area contributed by atoms with Gasteiger partial charge in [0.15, 0.2) is 5.13 Å². The van der Waals surface area contributed by atoms with Crippen molar-refractivity contribution in [2.75, 3.05) is 49.6 Å². The minimum absolute atomic E-state index is 0. The van der Waals surface area contributed by atoms with Gasteiger partial charge >= 0.3 is 0 Å². The lowest BCUT2D eigenvalue weighted by Gasteiger charge is -2.27. The van der Waals surface area contributed by atoms with Crippen LogP contribution in [0, 0.1) is 11.8 Å². The number of halogens is 2. The van der Waals surface area contributed by atoms with Crippen LogP contribution in [0.1, 0.15) is 26.2 Å². The van der Waals surface area contributed by atoms with Gasteiger partial charge in [-0.25, -0.2) is 4.98 Å². The molecule has 6 nitrogen and oxygen atoms in total. The number of ether oxygens (including phenoxy) is 1. The first-order chi connectivity index (χ1) is 13.2. The van der Waals surface area contributed by atoms with E-state index < -0.39 is 0 Å². The largest absolute Gasteiger partial charge is 0.378 e. The third-order valence-electron chi connectivity index (χ3n) is 5.64. The Morgan fingerprint density at radius 2 is 2.03 bits per heavy atom. The molecule has 2 aromatic rings. The molecule has 162 valence electrons. The molecular weight excluding hydrogens is 431 g/mol. The molecule has 29 heavy (non-hydrogen) atoms. The predicted molar refractivity (Wildman–Crippen MR) is 125 cm³/mol. The van der Waals surface area contributed by atoms with Crippen LogP contribution in [0.4, 0.5) is 10.8 Å². The van der Waals surface area contributed by atoms with Gasteiger partial charge in [0.1, 0.15) is 0 Å². The van der Waals surface area contributed by atoms with Gasteiger partial charge in [-0.15, -0.1) is 24.8 Å². The SMILES string of the molecule is CC(CC(=O)Nc1ccc2nc(N3CCOCC3)sc2c1)C1CCNCC1.Cl.Cl. The molecule has 0 aliphatic carbocycles. The van der Waals surface area contributed by atoms with E-state index in [0.717, 1.165) is 60.4 Å². The van der Waals surface area contributed by atoms with Gasteiger partial charge in [-0.3, -0.25) is 4.79 Å². The average molecular weight is 461 g/mol. The molecule has 2 aliphatic rings. The fraction of sp³-hybridized carbons (Fsp3) is 0.600. The van der Waals surface area contributed by atoms with Crippen molar-refractivity contribution >= 4 is 63.1 Å². The molecule has 0 radical (unpaired) electrons. The molecule has 2 aliphatic heterocycles. The maximum absolute atomic E-state index is 12.5. The lowest BCUT2D eigenvalue weighted by Crippen LogP contribution is -2.36. The third kappa shape index (κ3) is 6.18. The summed E-state index contributed by atoms with van der Waals surface area (Å²) in [6.45, 7) is 7.64. The van der Waals surface area contributed by atoms with Crippen molar-refractivity contribution in [1.82, 2.24) is 10.3 Å². The van der Waals surface area contributed by atoms with E-state index in [1.54, 1.807) is 11.3 Å². The van der Waals surface area contributed by atoms with Crippen molar-refractivity contribution in [2.24, 2.45) is 11.8 Å². The molecule has 1 amide bonds. The molecule has 2 N–H and O–H groups in total. The fourth-order valence-corrected chi connectivity index (χ4v) is 5.02. The van der Waals surface area contributed by atoms with E-state index in [-0.39, 0.29) is 30.7 Å². The summed E-state index contributed by atoms with van der Waals surface area (Å²) < 4.78 is 6.53. The minimum atomic E-state index is 0. The van der Waals surface area contributed by atoms with Gasteiger partial charge in [-0.05, 0) is 56.0 Å². The molecule has 9 heteroatoms. The number of anilines is 2. The smallest absolute Gasteiger partial charge is 0.224 e. The predicted octanol–water partition coefficient (Wildman–Crippen LogP) is 3.94. The summed E-state index contributed by atoms with van der Waals surface area (Å²) in [5, 5.41) is 7.51. The van der Waals surface area contributed by atoms with Crippen LogP contribution in [0.3, 0.4) is 0 Å². The van der Waals surface area contributed by atoms with E-state index in [2.05, 4.69) is 22.5 Å². The number of piperidine rings is 1. The topological polar surface area (TPSA) is 66.5 Å². The molecule has 1 aromatic heterocycles. The molecule has 0 saturated carbocycles. The number of nitrogens with zero attached hydrogens (tertiary/aromatic N) is 2. The Morgan fingerprint density at radius 3 is 2.76 bits per heavy atom. The number of amides is 1. The maximum atomic E-state index is 12.5. The van der Waals surface area contributed by atoms with Crippen molar-refractivity contribution < 1.29 is 9.53 Å². The van der Waals surface area contributed by atoms with Crippen LogP contribution in [0.2, 0.25) is 0 Å². The van der Waals surface area contributed by atoms with Crippen LogP contribution in [0.15, 0.2) is 18.2 Å². The van der Waals surface area contributed by atoms with Crippen LogP contribution in [-0.2, 0) is 9.53 Å². The first kappa shape index (κ1) is 24.2. The highest BCUT2D eigenvalue weighted by atomic mass is 35.5. The number of carbonyl (C=O) groups is 1. The van der Waals surface area contributed by atoms with Crippen LogP contribution in [0.25, 0.3) is 10.2 Å². The summed E-state index contributed by atoms with van der Waals surface area (Å²) in [6, 6.07) is 6.00. The Bertz CT molecular complexity index is 792. The Balaban J connectivity index is 0.00000150. The number of aromatic nitrogens is 1. The Labute approximate surface area is 188 Å². The van der Waals surface area contributed by atoms with Crippen molar-refractivity contribution in [2.45, 2.75) is 26.2 Å². The molecule has 3 heterocycles. The summed E-state index contributed by atoms with van der Waals surface area (Å²) in [5.74, 6) is 1.18. The number of rotatable bonds is 5. The molecule has 0 spiro atoms. The van der Waals surface area contributed by atoms with Gasteiger partial charge < -0.3 is 20.3 Å². The van der Waals surface area contributed by atoms with Gasteiger partial charge in [0.2, 0.25) is 5.91 Å². The average Bonchev–Trinajstić information content (AvgIpc) is 3.12. The highest BCUT2D eigenvalue weighted by molar-refractivity contribution is 7.22. The highest BCUT2D eigenvalue weighted by Crippen LogP contribution is 2.31. The number of benzene rings is 1. The Kier molecular flexibility index (Phi) is 9.43. The molecule has 1 unspecified atom stereocenters. The van der Waals surface area contributed by atoms with Gasteiger partial charge in [0.05, 0.1) is 23.4 Å². The van der Waals surface area contributed by atoms with Gasteiger partial charge in [-0.2, -0.15) is 0 Å². The second kappa shape index (κ2) is 11.3. The number of hydrogen-bond acceptors (Lipinski definition) is 6. The van der Waals surface area contributed by atoms with Crippen LogP contribution in [0.5, 0.6) is 0 Å². The summed E-state index contributed by atoms with van der Waals surface area (Å²) in [7, 11) is 0. The standard InChI is InChI=1S/C20H28N4O2S.2ClH/c1-14(15-4-6-21-7-5-15)12-19(25)22-16-2-3-17-18(13-16)27-20(23-17)24-8-10-26-11-9-24;;/h2-3,13-15,21H,4-12H2,1H3,(H,22,25);2*1H. The summed E-state index contributed by atoms with van der Waals surface area (Å²) in [5.41, 5.74) is 1.85. The fourth-order valence-electron chi connectivity index (χ4n) is 3.96. The highest BCUT2D eigenvalue weighted by Gasteiger charge is 2.22. The number of hydrogen-bond donors (Lipinski definition) is 2. The molecule has 2 saturated heterocycles. The van der Waals surface area contributed by atoms with Crippen LogP contribution >= 0.6 is 36.2 Å². The van der Waals surface area contributed by atoms with Gasteiger partial charge in [0, 0.05) is 25.2 Å². The summed E-state index contributed by atoms with van der Waals surface area (Å²) in [6.07, 6.45) is 2.93. The van der Waals surface area contributed by atoms with E-state index in [9.17, 15) is 4.79 Å². The van der Waals surface area contributed by atoms with Gasteiger partial charge in [0.25, 0.3) is 0 Å². The molecule has 2 fully saturated rings.